The highest BCUT2D eigenvalue weighted by Crippen LogP contribution is 2.37. The predicted molar refractivity (Wildman–Crippen MR) is 104 cm³/mol. The Labute approximate surface area is 156 Å². The normalized spacial score (nSPS) is 10.9. The fourth-order valence-corrected chi connectivity index (χ4v) is 3.15. The van der Waals surface area contributed by atoms with Crippen LogP contribution >= 0.6 is 0 Å². The van der Waals surface area contributed by atoms with Gasteiger partial charge >= 0.3 is 0 Å². The van der Waals surface area contributed by atoms with Gasteiger partial charge in [-0.25, -0.2) is 4.98 Å². The average Bonchev–Trinajstić information content (AvgIpc) is 3.27. The number of hydrogen-bond donors (Lipinski definition) is 2. The molecule has 0 atom stereocenters. The number of hydrogen-bond acceptors (Lipinski definition) is 4. The van der Waals surface area contributed by atoms with Crippen LogP contribution < -0.4 is 10.1 Å². The number of carbonyl (C=O) groups is 1. The number of amides is 1. The van der Waals surface area contributed by atoms with E-state index < -0.39 is 0 Å². The summed E-state index contributed by atoms with van der Waals surface area (Å²) in [5, 5.41) is 7.25. The molecule has 2 heterocycles. The van der Waals surface area contributed by atoms with E-state index in [1.807, 2.05) is 43.4 Å². The van der Waals surface area contributed by atoms with Gasteiger partial charge in [-0.2, -0.15) is 5.10 Å². The van der Waals surface area contributed by atoms with Crippen LogP contribution in [0.4, 0.5) is 0 Å². The second-order valence-corrected chi connectivity index (χ2v) is 6.12. The number of benzene rings is 2. The van der Waals surface area contributed by atoms with Gasteiger partial charge in [-0.3, -0.25) is 9.48 Å². The van der Waals surface area contributed by atoms with Crippen molar-refractivity contribution in [3.05, 3.63) is 54.1 Å². The Kier molecular flexibility index (Phi) is 4.12. The van der Waals surface area contributed by atoms with Gasteiger partial charge in [0.2, 0.25) is 0 Å². The van der Waals surface area contributed by atoms with E-state index in [4.69, 9.17) is 4.74 Å². The zero-order chi connectivity index (χ0) is 19.0. The number of aryl methyl sites for hydroxylation is 1. The molecular formula is C20H19N5O2. The van der Waals surface area contributed by atoms with Crippen LogP contribution in [0.5, 0.6) is 5.75 Å². The van der Waals surface area contributed by atoms with Gasteiger partial charge in [-0.15, -0.1) is 0 Å². The molecule has 0 spiro atoms. The summed E-state index contributed by atoms with van der Waals surface area (Å²) in [5.74, 6) is 1.14. The average molecular weight is 361 g/mol. The molecule has 1 amide bonds. The van der Waals surface area contributed by atoms with Crippen LogP contribution in [0.1, 0.15) is 10.4 Å². The van der Waals surface area contributed by atoms with Crippen molar-refractivity contribution in [3.8, 4) is 28.5 Å². The predicted octanol–water partition coefficient (Wildman–Crippen LogP) is 3.00. The topological polar surface area (TPSA) is 84.8 Å². The second kappa shape index (κ2) is 6.60. The number of fused-ring (bicyclic) bond motifs is 1. The molecule has 0 bridgehead atoms. The maximum Gasteiger partial charge on any atom is 0.251 e. The largest absolute Gasteiger partial charge is 0.492 e. The molecule has 4 rings (SSSR count). The number of methoxy groups -OCH3 is 1. The van der Waals surface area contributed by atoms with Gasteiger partial charge in [0.25, 0.3) is 5.91 Å². The van der Waals surface area contributed by atoms with Crippen molar-refractivity contribution in [2.75, 3.05) is 14.2 Å². The fourth-order valence-electron chi connectivity index (χ4n) is 3.15. The molecule has 2 N–H and O–H groups in total. The van der Waals surface area contributed by atoms with Crippen molar-refractivity contribution in [1.82, 2.24) is 25.1 Å². The van der Waals surface area contributed by atoms with Gasteiger partial charge in [0.05, 0.1) is 18.1 Å². The SMILES string of the molecule is CNC(=O)c1ccc2nc(-c3c(OC)c(-c4ccccc4)nn3C)[nH]c2c1. The Hall–Kier alpha value is -3.61. The zero-order valence-electron chi connectivity index (χ0n) is 15.3. The minimum Gasteiger partial charge on any atom is -0.492 e. The minimum absolute atomic E-state index is 0.141. The van der Waals surface area contributed by atoms with E-state index in [1.165, 1.54) is 0 Å². The molecule has 0 unspecified atom stereocenters. The molecule has 0 fully saturated rings. The van der Waals surface area contributed by atoms with Gasteiger partial charge in [-0.1, -0.05) is 30.3 Å². The summed E-state index contributed by atoms with van der Waals surface area (Å²) in [6.07, 6.45) is 0. The monoisotopic (exact) mass is 361 g/mol. The van der Waals surface area contributed by atoms with E-state index >= 15 is 0 Å². The third kappa shape index (κ3) is 2.83. The van der Waals surface area contributed by atoms with Crippen LogP contribution in [-0.2, 0) is 7.05 Å². The molecule has 0 aliphatic rings. The third-order valence-corrected chi connectivity index (χ3v) is 4.45. The Bertz CT molecular complexity index is 1130. The number of carbonyl (C=O) groups excluding carboxylic acids is 1. The van der Waals surface area contributed by atoms with E-state index in [9.17, 15) is 4.79 Å². The highest BCUT2D eigenvalue weighted by atomic mass is 16.5. The number of nitrogens with zero attached hydrogens (tertiary/aromatic N) is 3. The molecule has 0 saturated carbocycles. The van der Waals surface area contributed by atoms with Crippen LogP contribution in [-0.4, -0.2) is 39.8 Å². The van der Waals surface area contributed by atoms with Crippen LogP contribution in [0.25, 0.3) is 33.8 Å². The molecule has 0 aliphatic heterocycles. The van der Waals surface area contributed by atoms with Crippen molar-refractivity contribution >= 4 is 16.9 Å². The molecule has 0 saturated heterocycles. The van der Waals surface area contributed by atoms with E-state index in [-0.39, 0.29) is 5.91 Å². The summed E-state index contributed by atoms with van der Waals surface area (Å²) in [5.41, 5.74) is 4.57. The number of aromatic amines is 1. The molecule has 2 aromatic heterocycles. The quantitative estimate of drug-likeness (QED) is 0.585. The maximum absolute atomic E-state index is 11.9. The third-order valence-electron chi connectivity index (χ3n) is 4.45. The summed E-state index contributed by atoms with van der Waals surface area (Å²) < 4.78 is 7.42. The lowest BCUT2D eigenvalue weighted by atomic mass is 10.1. The summed E-state index contributed by atoms with van der Waals surface area (Å²) >= 11 is 0. The summed E-state index contributed by atoms with van der Waals surface area (Å²) in [4.78, 5) is 19.8. The van der Waals surface area contributed by atoms with Crippen LogP contribution in [0.15, 0.2) is 48.5 Å². The highest BCUT2D eigenvalue weighted by Gasteiger charge is 2.22. The highest BCUT2D eigenvalue weighted by molar-refractivity contribution is 5.97. The smallest absolute Gasteiger partial charge is 0.251 e. The number of imidazole rings is 1. The van der Waals surface area contributed by atoms with Crippen molar-refractivity contribution < 1.29 is 9.53 Å². The van der Waals surface area contributed by atoms with E-state index in [1.54, 1.807) is 31.0 Å². The Balaban J connectivity index is 1.86. The van der Waals surface area contributed by atoms with E-state index in [0.717, 1.165) is 28.0 Å². The fraction of sp³-hybridized carbons (Fsp3) is 0.150. The van der Waals surface area contributed by atoms with Crippen molar-refractivity contribution in [3.63, 3.8) is 0 Å². The van der Waals surface area contributed by atoms with Crippen LogP contribution in [0, 0.1) is 0 Å². The van der Waals surface area contributed by atoms with Crippen molar-refractivity contribution in [2.24, 2.45) is 7.05 Å². The Morgan fingerprint density at radius 2 is 1.96 bits per heavy atom. The van der Waals surface area contributed by atoms with Gasteiger partial charge in [0.1, 0.15) is 11.4 Å². The first-order valence-electron chi connectivity index (χ1n) is 8.51. The maximum atomic E-state index is 11.9. The van der Waals surface area contributed by atoms with Crippen molar-refractivity contribution in [2.45, 2.75) is 0 Å². The van der Waals surface area contributed by atoms with Gasteiger partial charge in [0.15, 0.2) is 11.6 Å². The summed E-state index contributed by atoms with van der Waals surface area (Å²) in [7, 11) is 5.09. The zero-order valence-corrected chi connectivity index (χ0v) is 15.3. The number of aromatic nitrogens is 4. The standard InChI is InChI=1S/C20H19N5O2/c1-21-20(26)13-9-10-14-15(11-13)23-19(22-14)17-18(27-3)16(24-25(17)2)12-7-5-4-6-8-12/h4-11H,1-3H3,(H,21,26)(H,22,23). The molecule has 0 aliphatic carbocycles. The molecule has 0 radical (unpaired) electrons. The minimum atomic E-state index is -0.141. The number of H-pyrrole nitrogens is 1. The van der Waals surface area contributed by atoms with E-state index in [2.05, 4.69) is 20.4 Å². The molecule has 2 aromatic carbocycles. The molecule has 136 valence electrons. The van der Waals surface area contributed by atoms with Crippen molar-refractivity contribution in [1.29, 1.82) is 0 Å². The Morgan fingerprint density at radius 1 is 1.19 bits per heavy atom. The van der Waals surface area contributed by atoms with Crippen LogP contribution in [0.2, 0.25) is 0 Å². The lowest BCUT2D eigenvalue weighted by Gasteiger charge is -2.03. The Morgan fingerprint density at radius 3 is 2.67 bits per heavy atom. The molecule has 27 heavy (non-hydrogen) atoms. The lowest BCUT2D eigenvalue weighted by molar-refractivity contribution is 0.0963. The second-order valence-electron chi connectivity index (χ2n) is 6.12. The van der Waals surface area contributed by atoms with Gasteiger partial charge < -0.3 is 15.0 Å². The lowest BCUT2D eigenvalue weighted by Crippen LogP contribution is -2.17. The molecule has 4 aromatic rings. The number of rotatable bonds is 4. The molecular weight excluding hydrogens is 342 g/mol. The first-order chi connectivity index (χ1) is 13.1. The number of nitrogens with one attached hydrogen (secondary N) is 2. The van der Waals surface area contributed by atoms with E-state index in [0.29, 0.717) is 17.1 Å². The molecule has 7 heteroatoms. The first kappa shape index (κ1) is 16.8. The van der Waals surface area contributed by atoms with Gasteiger partial charge in [-0.05, 0) is 18.2 Å². The first-order valence-corrected chi connectivity index (χ1v) is 8.51. The van der Waals surface area contributed by atoms with Crippen LogP contribution in [0.3, 0.4) is 0 Å². The molecule has 7 nitrogen and oxygen atoms in total. The number of ether oxygens (including phenoxy) is 1. The van der Waals surface area contributed by atoms with Gasteiger partial charge in [0, 0.05) is 25.2 Å². The summed E-state index contributed by atoms with van der Waals surface area (Å²) in [6, 6.07) is 15.2. The summed E-state index contributed by atoms with van der Waals surface area (Å²) in [6.45, 7) is 0.